The standard InChI is InChI=1S/C34H32ClF3N4O4/c35-28-18-25(34(36,37)38)13-14-30(28)46-32-27(12-7-16-39-32)31(43)41-29(22-45-21-24-10-5-2-6-11-24)33(44)42-17-15-26(20-42)40-19-23-8-3-1-4-9-23/h1-14,16,18,26,29,40H,15,17,19-22H2,(H,41,43)/t26-,29-/m1/s1. The van der Waals surface area contributed by atoms with Crippen molar-refractivity contribution in [1.29, 1.82) is 0 Å². The number of carbonyl (C=O) groups is 2. The molecule has 2 atom stereocenters. The van der Waals surface area contributed by atoms with Gasteiger partial charge in [0.15, 0.2) is 0 Å². The molecule has 0 radical (unpaired) electrons. The summed E-state index contributed by atoms with van der Waals surface area (Å²) in [6.45, 7) is 1.77. The lowest BCUT2D eigenvalue weighted by Crippen LogP contribution is -2.51. The number of rotatable bonds is 12. The summed E-state index contributed by atoms with van der Waals surface area (Å²) in [6.07, 6.45) is -2.48. The summed E-state index contributed by atoms with van der Waals surface area (Å²) in [5.74, 6) is -1.29. The van der Waals surface area contributed by atoms with Gasteiger partial charge in [0, 0.05) is 31.9 Å². The third kappa shape index (κ3) is 8.84. The number of hydrogen-bond donors (Lipinski definition) is 2. The Kier molecular flexibility index (Phi) is 10.9. The van der Waals surface area contributed by atoms with Gasteiger partial charge in [-0.25, -0.2) is 4.98 Å². The van der Waals surface area contributed by atoms with Crippen LogP contribution in [-0.4, -0.2) is 53.5 Å². The van der Waals surface area contributed by atoms with Crippen LogP contribution in [0.4, 0.5) is 13.2 Å². The Bertz CT molecular complexity index is 1630. The van der Waals surface area contributed by atoms with E-state index in [0.717, 1.165) is 35.7 Å². The first-order valence-electron chi connectivity index (χ1n) is 14.7. The second kappa shape index (κ2) is 15.2. The van der Waals surface area contributed by atoms with E-state index in [-0.39, 0.29) is 47.4 Å². The van der Waals surface area contributed by atoms with Gasteiger partial charge in [0.2, 0.25) is 11.8 Å². The lowest BCUT2D eigenvalue weighted by Gasteiger charge is -2.25. The zero-order chi connectivity index (χ0) is 32.5. The molecule has 0 aliphatic carbocycles. The van der Waals surface area contributed by atoms with Crippen molar-refractivity contribution in [3.05, 3.63) is 124 Å². The van der Waals surface area contributed by atoms with Gasteiger partial charge in [-0.2, -0.15) is 13.2 Å². The third-order valence-electron chi connectivity index (χ3n) is 7.42. The molecule has 1 aromatic heterocycles. The van der Waals surface area contributed by atoms with Crippen LogP contribution in [0.2, 0.25) is 5.02 Å². The highest BCUT2D eigenvalue weighted by molar-refractivity contribution is 6.32. The number of nitrogens with one attached hydrogen (secondary N) is 2. The van der Waals surface area contributed by atoms with Crippen molar-refractivity contribution in [3.63, 3.8) is 0 Å². The summed E-state index contributed by atoms with van der Waals surface area (Å²) in [7, 11) is 0. The van der Waals surface area contributed by atoms with E-state index in [9.17, 15) is 22.8 Å². The Hall–Kier alpha value is -4.45. The number of alkyl halides is 3. The summed E-state index contributed by atoms with van der Waals surface area (Å²) < 4.78 is 50.9. The molecule has 0 spiro atoms. The van der Waals surface area contributed by atoms with Crippen LogP contribution in [0.3, 0.4) is 0 Å². The van der Waals surface area contributed by atoms with E-state index < -0.39 is 23.7 Å². The third-order valence-corrected chi connectivity index (χ3v) is 7.71. The second-order valence-corrected chi connectivity index (χ2v) is 11.2. The molecule has 46 heavy (non-hydrogen) atoms. The molecule has 3 aromatic carbocycles. The first-order valence-corrected chi connectivity index (χ1v) is 15.0. The van der Waals surface area contributed by atoms with Gasteiger partial charge in [-0.05, 0) is 47.9 Å². The number of benzene rings is 3. The monoisotopic (exact) mass is 652 g/mol. The highest BCUT2D eigenvalue weighted by atomic mass is 35.5. The molecular formula is C34H32ClF3N4O4. The van der Waals surface area contributed by atoms with Crippen LogP contribution in [-0.2, 0) is 28.9 Å². The Morgan fingerprint density at radius 2 is 1.70 bits per heavy atom. The van der Waals surface area contributed by atoms with Crippen LogP contribution >= 0.6 is 11.6 Å². The van der Waals surface area contributed by atoms with Crippen molar-refractivity contribution in [2.75, 3.05) is 19.7 Å². The van der Waals surface area contributed by atoms with E-state index in [4.69, 9.17) is 21.1 Å². The van der Waals surface area contributed by atoms with Crippen molar-refractivity contribution < 1.29 is 32.2 Å². The minimum atomic E-state index is -4.59. The summed E-state index contributed by atoms with van der Waals surface area (Å²) in [4.78, 5) is 33.1. The van der Waals surface area contributed by atoms with Crippen molar-refractivity contribution >= 4 is 23.4 Å². The smallest absolute Gasteiger partial charge is 0.416 e. The average Bonchev–Trinajstić information content (AvgIpc) is 3.54. The molecule has 2 amide bonds. The fourth-order valence-corrected chi connectivity index (χ4v) is 5.21. The average molecular weight is 653 g/mol. The molecule has 240 valence electrons. The molecule has 0 unspecified atom stereocenters. The number of amides is 2. The number of nitrogens with zero attached hydrogens (tertiary/aromatic N) is 2. The van der Waals surface area contributed by atoms with E-state index in [1.54, 1.807) is 4.90 Å². The van der Waals surface area contributed by atoms with Gasteiger partial charge in [0.1, 0.15) is 17.4 Å². The molecule has 0 bridgehead atoms. The van der Waals surface area contributed by atoms with Crippen LogP contribution in [0.1, 0.15) is 33.5 Å². The lowest BCUT2D eigenvalue weighted by atomic mass is 10.2. The first kappa shape index (κ1) is 32.9. The molecule has 8 nitrogen and oxygen atoms in total. The fraction of sp³-hybridized carbons (Fsp3) is 0.265. The molecule has 1 aliphatic rings. The van der Waals surface area contributed by atoms with E-state index in [0.29, 0.717) is 19.6 Å². The summed E-state index contributed by atoms with van der Waals surface area (Å²) >= 11 is 6.07. The van der Waals surface area contributed by atoms with E-state index >= 15 is 0 Å². The van der Waals surface area contributed by atoms with Crippen molar-refractivity contribution in [2.45, 2.75) is 37.8 Å². The van der Waals surface area contributed by atoms with Crippen molar-refractivity contribution in [1.82, 2.24) is 20.5 Å². The maximum Gasteiger partial charge on any atom is 0.416 e. The fourth-order valence-electron chi connectivity index (χ4n) is 4.99. The number of halogens is 4. The zero-order valence-corrected chi connectivity index (χ0v) is 25.4. The second-order valence-electron chi connectivity index (χ2n) is 10.8. The van der Waals surface area contributed by atoms with Crippen LogP contribution in [0.15, 0.2) is 97.2 Å². The van der Waals surface area contributed by atoms with Crippen LogP contribution in [0.25, 0.3) is 0 Å². The van der Waals surface area contributed by atoms with Crippen LogP contribution in [0.5, 0.6) is 11.6 Å². The predicted octanol–water partition coefficient (Wildman–Crippen LogP) is 6.25. The predicted molar refractivity (Wildman–Crippen MR) is 166 cm³/mol. The van der Waals surface area contributed by atoms with Gasteiger partial charge in [0.25, 0.3) is 5.91 Å². The molecule has 2 heterocycles. The largest absolute Gasteiger partial charge is 0.437 e. The van der Waals surface area contributed by atoms with Gasteiger partial charge in [-0.1, -0.05) is 72.3 Å². The molecule has 5 rings (SSSR count). The van der Waals surface area contributed by atoms with Gasteiger partial charge < -0.3 is 25.0 Å². The molecule has 4 aromatic rings. The number of ether oxygens (including phenoxy) is 2. The Morgan fingerprint density at radius 3 is 2.39 bits per heavy atom. The number of hydrogen-bond acceptors (Lipinski definition) is 6. The molecule has 0 saturated carbocycles. The zero-order valence-electron chi connectivity index (χ0n) is 24.7. The normalized spacial score (nSPS) is 15.4. The van der Waals surface area contributed by atoms with Crippen molar-refractivity contribution in [2.24, 2.45) is 0 Å². The lowest BCUT2D eigenvalue weighted by molar-refractivity contribution is -0.137. The van der Waals surface area contributed by atoms with E-state index in [1.165, 1.54) is 18.3 Å². The topological polar surface area (TPSA) is 92.8 Å². The first-order chi connectivity index (χ1) is 22.2. The Morgan fingerprint density at radius 1 is 0.978 bits per heavy atom. The molecule has 12 heteroatoms. The van der Waals surface area contributed by atoms with Gasteiger partial charge >= 0.3 is 6.18 Å². The maximum atomic E-state index is 13.8. The summed E-state index contributed by atoms with van der Waals surface area (Å²) in [5.41, 5.74) is 1.06. The molecule has 1 aliphatic heterocycles. The van der Waals surface area contributed by atoms with Crippen molar-refractivity contribution in [3.8, 4) is 11.6 Å². The van der Waals surface area contributed by atoms with Gasteiger partial charge in [-0.15, -0.1) is 0 Å². The summed E-state index contributed by atoms with van der Waals surface area (Å²) in [5, 5.41) is 5.94. The molecule has 1 fully saturated rings. The molecule has 1 saturated heterocycles. The maximum absolute atomic E-state index is 13.8. The molecule has 2 N–H and O–H groups in total. The Labute approximate surface area is 269 Å². The number of aromatic nitrogens is 1. The number of likely N-dealkylation sites (tertiary alicyclic amines) is 1. The van der Waals surface area contributed by atoms with Gasteiger partial charge in [-0.3, -0.25) is 9.59 Å². The van der Waals surface area contributed by atoms with E-state index in [2.05, 4.69) is 15.6 Å². The van der Waals surface area contributed by atoms with Gasteiger partial charge in [0.05, 0.1) is 23.8 Å². The minimum Gasteiger partial charge on any atom is -0.437 e. The molecular weight excluding hydrogens is 621 g/mol. The Balaban J connectivity index is 1.28. The highest BCUT2D eigenvalue weighted by Gasteiger charge is 2.33. The SMILES string of the molecule is O=C(N[C@H](COCc1ccccc1)C(=O)N1CC[C@@H](NCc2ccccc2)C1)c1cccnc1Oc1ccc(C(F)(F)F)cc1Cl. The van der Waals surface area contributed by atoms with Crippen LogP contribution < -0.4 is 15.4 Å². The number of carbonyl (C=O) groups excluding carboxylic acids is 2. The number of pyridine rings is 1. The quantitative estimate of drug-likeness (QED) is 0.188. The van der Waals surface area contributed by atoms with Crippen LogP contribution in [0, 0.1) is 0 Å². The highest BCUT2D eigenvalue weighted by Crippen LogP contribution is 2.36. The minimum absolute atomic E-state index is 0.0387. The summed E-state index contributed by atoms with van der Waals surface area (Å²) in [6, 6.07) is 24.0. The van der Waals surface area contributed by atoms with E-state index in [1.807, 2.05) is 60.7 Å².